The number of nitrogens with one attached hydrogen (secondary N) is 1. The zero-order valence-electron chi connectivity index (χ0n) is 6.66. The molecule has 0 unspecified atom stereocenters. The number of hydrogen-bond acceptors (Lipinski definition) is 2. The summed E-state index contributed by atoms with van der Waals surface area (Å²) in [4.78, 5) is 10.7. The molecule has 1 saturated heterocycles. The smallest absolute Gasteiger partial charge is 0.320 e. The van der Waals surface area contributed by atoms with Gasteiger partial charge in [0.1, 0.15) is 12.2 Å². The van der Waals surface area contributed by atoms with Crippen LogP contribution in [0, 0.1) is 11.8 Å². The number of rotatable bonds is 1. The first kappa shape index (κ1) is 7.98. The molecule has 0 bridgehead atoms. The third kappa shape index (κ3) is 1.02. The van der Waals surface area contributed by atoms with Gasteiger partial charge in [-0.05, 0) is 18.8 Å². The molecule has 1 heterocycles. The van der Waals surface area contributed by atoms with Crippen molar-refractivity contribution in [3.05, 3.63) is 0 Å². The maximum atomic E-state index is 13.1. The maximum absolute atomic E-state index is 13.1. The molecule has 2 aliphatic rings. The topological polar surface area (TPSA) is 49.3 Å². The fourth-order valence-corrected chi connectivity index (χ4v) is 2.43. The van der Waals surface area contributed by atoms with Gasteiger partial charge in [-0.2, -0.15) is 0 Å². The molecule has 12 heavy (non-hydrogen) atoms. The second kappa shape index (κ2) is 2.69. The van der Waals surface area contributed by atoms with Gasteiger partial charge in [-0.1, -0.05) is 0 Å². The summed E-state index contributed by atoms with van der Waals surface area (Å²) >= 11 is 0. The average Bonchev–Trinajstić information content (AvgIpc) is 2.53. The molecule has 3 nitrogen and oxygen atoms in total. The van der Waals surface area contributed by atoms with E-state index in [0.29, 0.717) is 13.0 Å². The Morgan fingerprint density at radius 1 is 1.42 bits per heavy atom. The van der Waals surface area contributed by atoms with E-state index in [0.717, 1.165) is 6.42 Å². The molecule has 2 rings (SSSR count). The lowest BCUT2D eigenvalue weighted by atomic mass is 9.94. The lowest BCUT2D eigenvalue weighted by Crippen LogP contribution is -2.35. The minimum atomic E-state index is -0.836. The van der Waals surface area contributed by atoms with Gasteiger partial charge in [-0.15, -0.1) is 0 Å². The standard InChI is InChI=1S/C8H12FNO2/c9-6-2-1-4-5(6)3-10-7(4)8(11)12/h4-7,10H,1-3H2,(H,11,12)/t4-,5+,6-,7-/m1/s1. The van der Waals surface area contributed by atoms with E-state index < -0.39 is 18.2 Å². The van der Waals surface area contributed by atoms with Crippen LogP contribution < -0.4 is 5.32 Å². The Bertz CT molecular complexity index is 209. The third-order valence-electron chi connectivity index (χ3n) is 3.06. The molecule has 0 radical (unpaired) electrons. The molecule has 1 aliphatic carbocycles. The van der Waals surface area contributed by atoms with E-state index in [-0.39, 0.29) is 11.8 Å². The van der Waals surface area contributed by atoms with Gasteiger partial charge in [-0.25, -0.2) is 4.39 Å². The first-order chi connectivity index (χ1) is 5.70. The molecule has 0 amide bonds. The molecule has 1 aliphatic heterocycles. The van der Waals surface area contributed by atoms with Crippen LogP contribution in [0.4, 0.5) is 4.39 Å². The Balaban J connectivity index is 2.10. The molecule has 0 aromatic rings. The van der Waals surface area contributed by atoms with Gasteiger partial charge in [0, 0.05) is 12.5 Å². The van der Waals surface area contributed by atoms with Gasteiger partial charge in [0.2, 0.25) is 0 Å². The fraction of sp³-hybridized carbons (Fsp3) is 0.875. The molecular formula is C8H12FNO2. The van der Waals surface area contributed by atoms with Crippen molar-refractivity contribution in [2.45, 2.75) is 25.1 Å². The van der Waals surface area contributed by atoms with Crippen molar-refractivity contribution in [3.63, 3.8) is 0 Å². The first-order valence-corrected chi connectivity index (χ1v) is 4.30. The third-order valence-corrected chi connectivity index (χ3v) is 3.06. The van der Waals surface area contributed by atoms with Crippen molar-refractivity contribution < 1.29 is 14.3 Å². The normalized spacial score (nSPS) is 46.1. The molecule has 4 heteroatoms. The number of carboxylic acids is 1. The number of alkyl halides is 1. The van der Waals surface area contributed by atoms with Crippen molar-refractivity contribution >= 4 is 5.97 Å². The van der Waals surface area contributed by atoms with E-state index in [2.05, 4.69) is 5.32 Å². The Kier molecular flexibility index (Phi) is 1.79. The molecular weight excluding hydrogens is 161 g/mol. The van der Waals surface area contributed by atoms with E-state index >= 15 is 0 Å². The number of carboxylic acid groups (broad SMARTS) is 1. The van der Waals surface area contributed by atoms with Crippen LogP contribution in [0.1, 0.15) is 12.8 Å². The maximum Gasteiger partial charge on any atom is 0.320 e. The first-order valence-electron chi connectivity index (χ1n) is 4.30. The van der Waals surface area contributed by atoms with Crippen molar-refractivity contribution in [2.24, 2.45) is 11.8 Å². The average molecular weight is 173 g/mol. The Hall–Kier alpha value is -0.640. The van der Waals surface area contributed by atoms with Crippen molar-refractivity contribution in [2.75, 3.05) is 6.54 Å². The highest BCUT2D eigenvalue weighted by Gasteiger charge is 2.47. The van der Waals surface area contributed by atoms with E-state index in [4.69, 9.17) is 5.11 Å². The zero-order chi connectivity index (χ0) is 8.72. The van der Waals surface area contributed by atoms with Gasteiger partial charge >= 0.3 is 5.97 Å². The second-order valence-electron chi connectivity index (χ2n) is 3.65. The summed E-state index contributed by atoms with van der Waals surface area (Å²) in [5.74, 6) is -0.861. The summed E-state index contributed by atoms with van der Waals surface area (Å²) in [6.07, 6.45) is 0.475. The number of fused-ring (bicyclic) bond motifs is 1. The summed E-state index contributed by atoms with van der Waals surface area (Å²) in [5, 5.41) is 11.6. The molecule has 4 atom stereocenters. The molecule has 0 aromatic heterocycles. The monoisotopic (exact) mass is 173 g/mol. The van der Waals surface area contributed by atoms with Crippen LogP contribution in [-0.2, 0) is 4.79 Å². The van der Waals surface area contributed by atoms with Crippen LogP contribution in [-0.4, -0.2) is 29.8 Å². The molecule has 0 aromatic carbocycles. The van der Waals surface area contributed by atoms with Crippen LogP contribution >= 0.6 is 0 Å². The minimum absolute atomic E-state index is 0.0255. The predicted octanol–water partition coefficient (Wildman–Crippen LogP) is 0.407. The Morgan fingerprint density at radius 3 is 2.83 bits per heavy atom. The second-order valence-corrected chi connectivity index (χ2v) is 3.65. The van der Waals surface area contributed by atoms with E-state index in [1.807, 2.05) is 0 Å². The highest BCUT2D eigenvalue weighted by atomic mass is 19.1. The minimum Gasteiger partial charge on any atom is -0.480 e. The summed E-state index contributed by atoms with van der Waals surface area (Å²) in [5.41, 5.74) is 0. The van der Waals surface area contributed by atoms with E-state index in [1.165, 1.54) is 0 Å². The summed E-state index contributed by atoms with van der Waals surface area (Å²) in [6.45, 7) is 0.531. The predicted molar refractivity (Wildman–Crippen MR) is 40.5 cm³/mol. The molecule has 68 valence electrons. The highest BCUT2D eigenvalue weighted by Crippen LogP contribution is 2.39. The number of halogens is 1. The SMILES string of the molecule is O=C(O)[C@@H]1NC[C@H]2[C@H]1CC[C@H]2F. The lowest BCUT2D eigenvalue weighted by Gasteiger charge is -2.12. The summed E-state index contributed by atoms with van der Waals surface area (Å²) < 4.78 is 13.1. The van der Waals surface area contributed by atoms with Gasteiger partial charge in [0.25, 0.3) is 0 Å². The van der Waals surface area contributed by atoms with Crippen LogP contribution in [0.5, 0.6) is 0 Å². The van der Waals surface area contributed by atoms with Gasteiger partial charge in [-0.3, -0.25) is 4.79 Å². The quantitative estimate of drug-likeness (QED) is 0.603. The molecule has 0 spiro atoms. The van der Waals surface area contributed by atoms with E-state index in [1.54, 1.807) is 0 Å². The number of carbonyl (C=O) groups is 1. The van der Waals surface area contributed by atoms with E-state index in [9.17, 15) is 9.18 Å². The van der Waals surface area contributed by atoms with Gasteiger partial charge in [0.15, 0.2) is 0 Å². The van der Waals surface area contributed by atoms with Gasteiger partial charge < -0.3 is 10.4 Å². The molecule has 1 saturated carbocycles. The Morgan fingerprint density at radius 2 is 2.17 bits per heavy atom. The van der Waals surface area contributed by atoms with Crippen LogP contribution in [0.25, 0.3) is 0 Å². The molecule has 2 fully saturated rings. The van der Waals surface area contributed by atoms with Gasteiger partial charge in [0.05, 0.1) is 0 Å². The van der Waals surface area contributed by atoms with Crippen LogP contribution in [0.3, 0.4) is 0 Å². The summed E-state index contributed by atoms with van der Waals surface area (Å²) in [6, 6.07) is -0.504. The number of hydrogen-bond donors (Lipinski definition) is 2. The zero-order valence-corrected chi connectivity index (χ0v) is 6.66. The van der Waals surface area contributed by atoms with Crippen molar-refractivity contribution in [1.29, 1.82) is 0 Å². The largest absolute Gasteiger partial charge is 0.480 e. The number of aliphatic carboxylic acids is 1. The molecule has 2 N–H and O–H groups in total. The van der Waals surface area contributed by atoms with Crippen molar-refractivity contribution in [3.8, 4) is 0 Å². The van der Waals surface area contributed by atoms with Crippen molar-refractivity contribution in [1.82, 2.24) is 5.32 Å². The van der Waals surface area contributed by atoms with Crippen LogP contribution in [0.15, 0.2) is 0 Å². The highest BCUT2D eigenvalue weighted by molar-refractivity contribution is 5.74. The van der Waals surface area contributed by atoms with Crippen LogP contribution in [0.2, 0.25) is 0 Å². The Labute approximate surface area is 70.0 Å². The lowest BCUT2D eigenvalue weighted by molar-refractivity contribution is -0.140. The fourth-order valence-electron chi connectivity index (χ4n) is 2.43. The summed E-state index contributed by atoms with van der Waals surface area (Å²) in [7, 11) is 0.